The Balaban J connectivity index is 2.25. The van der Waals surface area contributed by atoms with E-state index in [4.69, 9.17) is 11.5 Å². The van der Waals surface area contributed by atoms with Crippen LogP contribution in [-0.4, -0.2) is 55.5 Å². The van der Waals surface area contributed by atoms with Gasteiger partial charge in [-0.25, -0.2) is 8.42 Å². The van der Waals surface area contributed by atoms with Crippen molar-refractivity contribution < 1.29 is 18.3 Å². The highest BCUT2D eigenvalue weighted by Gasteiger charge is 2.32. The van der Waals surface area contributed by atoms with Crippen molar-refractivity contribution in [2.24, 2.45) is 11.7 Å². The average molecular weight is 556 g/mol. The fourth-order valence-electron chi connectivity index (χ4n) is 3.66. The first-order chi connectivity index (χ1) is 16.0. The molecule has 0 saturated heterocycles. The molecule has 2 aromatic rings. The van der Waals surface area contributed by atoms with Crippen molar-refractivity contribution in [2.45, 2.75) is 50.6 Å². The van der Waals surface area contributed by atoms with E-state index in [-0.39, 0.29) is 29.9 Å². The number of carbonyl (C=O) groups excluding carboxylic acids is 1. The number of nitrogens with two attached hydrogens (primary N) is 2. The molecular formula is C24H35BrN4O4S. The summed E-state index contributed by atoms with van der Waals surface area (Å²) >= 11 is 3.49. The third-order valence-corrected chi connectivity index (χ3v) is 7.97. The number of hydrogen-bond donors (Lipinski definition) is 3. The van der Waals surface area contributed by atoms with E-state index in [1.165, 1.54) is 16.4 Å². The second kappa shape index (κ2) is 12.6. The molecule has 0 radical (unpaired) electrons. The summed E-state index contributed by atoms with van der Waals surface area (Å²) in [5.41, 5.74) is 12.8. The average Bonchev–Trinajstić information content (AvgIpc) is 2.78. The van der Waals surface area contributed by atoms with Crippen molar-refractivity contribution in [2.75, 3.05) is 30.3 Å². The normalized spacial score (nSPS) is 13.8. The van der Waals surface area contributed by atoms with Crippen LogP contribution in [0.3, 0.4) is 0 Å². The van der Waals surface area contributed by atoms with Crippen molar-refractivity contribution in [3.63, 3.8) is 0 Å². The molecule has 0 bridgehead atoms. The number of aliphatic hydroxyl groups is 1. The Morgan fingerprint density at radius 2 is 1.71 bits per heavy atom. The topological polar surface area (TPSA) is 130 Å². The van der Waals surface area contributed by atoms with Crippen LogP contribution in [0.15, 0.2) is 57.9 Å². The Morgan fingerprint density at radius 3 is 2.24 bits per heavy atom. The van der Waals surface area contributed by atoms with Crippen LogP contribution in [0.5, 0.6) is 0 Å². The summed E-state index contributed by atoms with van der Waals surface area (Å²) < 4.78 is 29.0. The molecule has 2 aromatic carbocycles. The van der Waals surface area contributed by atoms with Crippen LogP contribution >= 0.6 is 15.9 Å². The second-order valence-electron chi connectivity index (χ2n) is 8.75. The molecule has 5 N–H and O–H groups in total. The molecular weight excluding hydrogens is 520 g/mol. The van der Waals surface area contributed by atoms with Crippen LogP contribution in [0, 0.1) is 5.92 Å². The van der Waals surface area contributed by atoms with Gasteiger partial charge in [-0.3, -0.25) is 4.79 Å². The van der Waals surface area contributed by atoms with Gasteiger partial charge in [0.2, 0.25) is 15.9 Å². The van der Waals surface area contributed by atoms with Gasteiger partial charge in [0.1, 0.15) is 0 Å². The number of aliphatic hydroxyl groups excluding tert-OH is 1. The molecule has 188 valence electrons. The smallest absolute Gasteiger partial charge is 0.243 e. The van der Waals surface area contributed by atoms with Gasteiger partial charge in [0.05, 0.1) is 23.2 Å². The minimum atomic E-state index is -3.85. The maximum Gasteiger partial charge on any atom is 0.243 e. The molecule has 0 aliphatic heterocycles. The summed E-state index contributed by atoms with van der Waals surface area (Å²) in [6.45, 7) is 5.73. The van der Waals surface area contributed by atoms with Gasteiger partial charge in [-0.2, -0.15) is 4.31 Å². The maximum atomic E-state index is 13.4. The molecule has 10 heteroatoms. The number of benzene rings is 2. The van der Waals surface area contributed by atoms with E-state index in [0.29, 0.717) is 30.8 Å². The number of para-hydroxylation sites is 1. The predicted octanol–water partition coefficient (Wildman–Crippen LogP) is 3.20. The number of rotatable bonds is 12. The van der Waals surface area contributed by atoms with Crippen molar-refractivity contribution in [1.82, 2.24) is 4.31 Å². The Hall–Kier alpha value is -1.98. The summed E-state index contributed by atoms with van der Waals surface area (Å²) in [5.74, 6) is -0.185. The minimum Gasteiger partial charge on any atom is -0.399 e. The number of sulfonamides is 1. The Kier molecular flexibility index (Phi) is 10.5. The summed E-state index contributed by atoms with van der Waals surface area (Å²) in [6, 6.07) is 12.1. The zero-order valence-corrected chi connectivity index (χ0v) is 22.3. The number of amides is 1. The Bertz CT molecular complexity index is 1050. The molecule has 2 rings (SSSR count). The van der Waals surface area contributed by atoms with Crippen molar-refractivity contribution in [3.8, 4) is 0 Å². The van der Waals surface area contributed by atoms with Gasteiger partial charge in [0, 0.05) is 29.3 Å². The highest BCUT2D eigenvalue weighted by Crippen LogP contribution is 2.28. The second-order valence-corrected chi connectivity index (χ2v) is 11.5. The lowest BCUT2D eigenvalue weighted by Gasteiger charge is -2.32. The molecule has 1 amide bonds. The lowest BCUT2D eigenvalue weighted by atomic mass is 10.1. The third kappa shape index (κ3) is 7.26. The molecule has 0 aliphatic rings. The van der Waals surface area contributed by atoms with Crippen LogP contribution in [-0.2, 0) is 14.8 Å². The van der Waals surface area contributed by atoms with Gasteiger partial charge in [-0.05, 0) is 78.0 Å². The molecule has 0 spiro atoms. The maximum absolute atomic E-state index is 13.4. The molecule has 0 fully saturated rings. The van der Waals surface area contributed by atoms with Gasteiger partial charge in [-0.15, -0.1) is 0 Å². The first-order valence-corrected chi connectivity index (χ1v) is 13.5. The fourth-order valence-corrected chi connectivity index (χ4v) is 5.96. The quantitative estimate of drug-likeness (QED) is 0.345. The molecule has 34 heavy (non-hydrogen) atoms. The Morgan fingerprint density at radius 1 is 1.09 bits per heavy atom. The Labute approximate surface area is 211 Å². The molecule has 0 heterocycles. The standard InChI is InChI=1S/C24H35BrN4O4S/c1-17(2)15-29(34(32,33)21-12-10-19(27)11-13-21)20(16-30)7-6-14-28(24(31)18(3)26)23-9-5-4-8-22(23)25/h4-5,8-13,17-18,20,30H,6-7,14-16,26-27H2,1-3H3/t18-,20-/m0/s1. The number of anilines is 2. The van der Waals surface area contributed by atoms with Crippen LogP contribution in [0.25, 0.3) is 0 Å². The molecule has 0 saturated carbocycles. The lowest BCUT2D eigenvalue weighted by Crippen LogP contribution is -2.46. The highest BCUT2D eigenvalue weighted by molar-refractivity contribution is 9.10. The van der Waals surface area contributed by atoms with Crippen molar-refractivity contribution in [1.29, 1.82) is 0 Å². The molecule has 0 unspecified atom stereocenters. The molecule has 0 aliphatic carbocycles. The van der Waals surface area contributed by atoms with Crippen LogP contribution in [0.2, 0.25) is 0 Å². The first kappa shape index (κ1) is 28.3. The van der Waals surface area contributed by atoms with E-state index in [2.05, 4.69) is 15.9 Å². The predicted molar refractivity (Wildman–Crippen MR) is 140 cm³/mol. The number of halogens is 1. The van der Waals surface area contributed by atoms with Gasteiger partial charge in [0.15, 0.2) is 0 Å². The number of hydrogen-bond acceptors (Lipinski definition) is 6. The van der Waals surface area contributed by atoms with E-state index in [0.717, 1.165) is 4.47 Å². The molecule has 0 aromatic heterocycles. The number of carbonyl (C=O) groups is 1. The number of nitrogen functional groups attached to an aromatic ring is 1. The summed E-state index contributed by atoms with van der Waals surface area (Å²) in [7, 11) is -3.85. The molecule has 8 nitrogen and oxygen atoms in total. The number of nitrogens with zero attached hydrogens (tertiary/aromatic N) is 2. The van der Waals surface area contributed by atoms with Crippen LogP contribution in [0.4, 0.5) is 11.4 Å². The van der Waals surface area contributed by atoms with Crippen molar-refractivity contribution >= 4 is 43.2 Å². The largest absolute Gasteiger partial charge is 0.399 e. The molecule has 2 atom stereocenters. The summed E-state index contributed by atoms with van der Waals surface area (Å²) in [4.78, 5) is 14.5. The SMILES string of the molecule is CC(C)CN([C@H](CO)CCCN(C(=O)[C@H](C)N)c1ccccc1Br)S(=O)(=O)c1ccc(N)cc1. The van der Waals surface area contributed by atoms with Crippen LogP contribution < -0.4 is 16.4 Å². The van der Waals surface area contributed by atoms with Gasteiger partial charge < -0.3 is 21.5 Å². The van der Waals surface area contributed by atoms with E-state index in [1.54, 1.807) is 24.0 Å². The van der Waals surface area contributed by atoms with E-state index in [9.17, 15) is 18.3 Å². The zero-order valence-electron chi connectivity index (χ0n) is 19.9. The van der Waals surface area contributed by atoms with E-state index < -0.39 is 22.1 Å². The minimum absolute atomic E-state index is 0.0500. The van der Waals surface area contributed by atoms with E-state index >= 15 is 0 Å². The third-order valence-electron chi connectivity index (χ3n) is 5.37. The van der Waals surface area contributed by atoms with Crippen molar-refractivity contribution in [3.05, 3.63) is 53.0 Å². The zero-order chi connectivity index (χ0) is 25.5. The highest BCUT2D eigenvalue weighted by atomic mass is 79.9. The fraction of sp³-hybridized carbons (Fsp3) is 0.458. The monoisotopic (exact) mass is 554 g/mol. The van der Waals surface area contributed by atoms with E-state index in [1.807, 2.05) is 38.1 Å². The van der Waals surface area contributed by atoms with Gasteiger partial charge >= 0.3 is 0 Å². The summed E-state index contributed by atoms with van der Waals surface area (Å²) in [5, 5.41) is 10.2. The van der Waals surface area contributed by atoms with Gasteiger partial charge in [0.25, 0.3) is 0 Å². The summed E-state index contributed by atoms with van der Waals surface area (Å²) in [6.07, 6.45) is 0.835. The van der Waals surface area contributed by atoms with Crippen LogP contribution in [0.1, 0.15) is 33.6 Å². The lowest BCUT2D eigenvalue weighted by molar-refractivity contribution is -0.119. The van der Waals surface area contributed by atoms with Gasteiger partial charge in [-0.1, -0.05) is 26.0 Å². The first-order valence-electron chi connectivity index (χ1n) is 11.3.